The Balaban J connectivity index is 2.22. The molecule has 0 aromatic carbocycles. The second kappa shape index (κ2) is 5.13. The summed E-state index contributed by atoms with van der Waals surface area (Å²) in [4.78, 5) is 11.3. The summed E-state index contributed by atoms with van der Waals surface area (Å²) in [5.74, 6) is 0.801. The van der Waals surface area contributed by atoms with E-state index in [0.717, 1.165) is 12.8 Å². The standard InChI is InChI=1S/C11H18O/c1-2-3-4-7-10-8-5-6-9-11(10)12/h5-6,10H,2-4,7-9H2,1H3. The summed E-state index contributed by atoms with van der Waals surface area (Å²) in [6, 6.07) is 0. The molecule has 1 rings (SSSR count). The Morgan fingerprint density at radius 2 is 2.25 bits per heavy atom. The van der Waals surface area contributed by atoms with Crippen LogP contribution in [0.15, 0.2) is 12.2 Å². The molecule has 0 aromatic heterocycles. The number of allylic oxidation sites excluding steroid dienone is 2. The molecule has 1 heteroatoms. The third-order valence-corrected chi connectivity index (χ3v) is 2.52. The monoisotopic (exact) mass is 166 g/mol. The molecule has 0 spiro atoms. The molecule has 0 aromatic rings. The lowest BCUT2D eigenvalue weighted by Crippen LogP contribution is -2.15. The summed E-state index contributed by atoms with van der Waals surface area (Å²) in [7, 11) is 0. The summed E-state index contributed by atoms with van der Waals surface area (Å²) in [5, 5.41) is 0. The zero-order chi connectivity index (χ0) is 8.81. The van der Waals surface area contributed by atoms with Gasteiger partial charge in [-0.15, -0.1) is 0 Å². The van der Waals surface area contributed by atoms with Gasteiger partial charge < -0.3 is 0 Å². The average Bonchev–Trinajstić information content (AvgIpc) is 2.09. The molecule has 1 nitrogen and oxygen atoms in total. The number of hydrogen-bond donors (Lipinski definition) is 0. The van der Waals surface area contributed by atoms with Crippen molar-refractivity contribution in [1.82, 2.24) is 0 Å². The molecule has 0 saturated carbocycles. The van der Waals surface area contributed by atoms with Crippen LogP contribution >= 0.6 is 0 Å². The minimum absolute atomic E-state index is 0.349. The smallest absolute Gasteiger partial charge is 0.140 e. The molecule has 12 heavy (non-hydrogen) atoms. The van der Waals surface area contributed by atoms with E-state index < -0.39 is 0 Å². The van der Waals surface area contributed by atoms with Crippen LogP contribution in [0.3, 0.4) is 0 Å². The van der Waals surface area contributed by atoms with Crippen molar-refractivity contribution in [3.63, 3.8) is 0 Å². The zero-order valence-corrected chi connectivity index (χ0v) is 7.88. The van der Waals surface area contributed by atoms with E-state index in [-0.39, 0.29) is 0 Å². The summed E-state index contributed by atoms with van der Waals surface area (Å²) < 4.78 is 0. The quantitative estimate of drug-likeness (QED) is 0.463. The molecule has 68 valence electrons. The van der Waals surface area contributed by atoms with Crippen LogP contribution in [-0.4, -0.2) is 5.78 Å². The van der Waals surface area contributed by atoms with Crippen molar-refractivity contribution >= 4 is 5.78 Å². The van der Waals surface area contributed by atoms with Crippen LogP contribution in [0.1, 0.15) is 45.4 Å². The van der Waals surface area contributed by atoms with Crippen LogP contribution in [0.25, 0.3) is 0 Å². The molecule has 1 atom stereocenters. The molecular formula is C11H18O. The highest BCUT2D eigenvalue weighted by Gasteiger charge is 2.17. The van der Waals surface area contributed by atoms with Crippen LogP contribution in [-0.2, 0) is 4.79 Å². The van der Waals surface area contributed by atoms with E-state index in [4.69, 9.17) is 0 Å². The van der Waals surface area contributed by atoms with Crippen molar-refractivity contribution < 1.29 is 4.79 Å². The van der Waals surface area contributed by atoms with Gasteiger partial charge in [-0.1, -0.05) is 38.3 Å². The molecule has 1 aliphatic rings. The molecule has 0 saturated heterocycles. The van der Waals surface area contributed by atoms with Gasteiger partial charge in [0.25, 0.3) is 0 Å². The Kier molecular flexibility index (Phi) is 4.06. The molecule has 0 amide bonds. The Hall–Kier alpha value is -0.590. The number of hydrogen-bond acceptors (Lipinski definition) is 1. The number of rotatable bonds is 4. The van der Waals surface area contributed by atoms with Crippen molar-refractivity contribution in [2.75, 3.05) is 0 Å². The highest BCUT2D eigenvalue weighted by molar-refractivity contribution is 5.83. The maximum atomic E-state index is 11.3. The fourth-order valence-corrected chi connectivity index (χ4v) is 1.68. The van der Waals surface area contributed by atoms with Gasteiger partial charge in [-0.2, -0.15) is 0 Å². The van der Waals surface area contributed by atoms with E-state index in [9.17, 15) is 4.79 Å². The van der Waals surface area contributed by atoms with Crippen LogP contribution in [0, 0.1) is 5.92 Å². The van der Waals surface area contributed by atoms with Gasteiger partial charge in [-0.3, -0.25) is 4.79 Å². The van der Waals surface area contributed by atoms with E-state index in [0.29, 0.717) is 18.1 Å². The van der Waals surface area contributed by atoms with Crippen molar-refractivity contribution in [1.29, 1.82) is 0 Å². The number of carbonyl (C=O) groups is 1. The lowest BCUT2D eigenvalue weighted by molar-refractivity contribution is -0.122. The van der Waals surface area contributed by atoms with Crippen LogP contribution in [0.4, 0.5) is 0 Å². The maximum Gasteiger partial charge on any atom is 0.140 e. The normalized spacial score (nSPS) is 23.1. The number of Topliss-reactive ketones (excluding diaryl/α,β-unsaturated/α-hetero) is 1. The second-order valence-corrected chi connectivity index (χ2v) is 3.57. The van der Waals surface area contributed by atoms with Crippen LogP contribution in [0.2, 0.25) is 0 Å². The van der Waals surface area contributed by atoms with Gasteiger partial charge in [0, 0.05) is 12.3 Å². The molecule has 0 aliphatic heterocycles. The largest absolute Gasteiger partial charge is 0.299 e. The Bertz CT molecular complexity index is 170. The number of ketones is 1. The van der Waals surface area contributed by atoms with Crippen molar-refractivity contribution in [2.24, 2.45) is 5.92 Å². The summed E-state index contributed by atoms with van der Waals surface area (Å²) in [6.45, 7) is 2.20. The average molecular weight is 166 g/mol. The first-order valence-electron chi connectivity index (χ1n) is 5.02. The molecule has 1 unspecified atom stereocenters. The SMILES string of the molecule is CCCCCC1CC=CCC1=O. The maximum absolute atomic E-state index is 11.3. The van der Waals surface area contributed by atoms with E-state index in [1.807, 2.05) is 6.08 Å². The Labute approximate surface area is 74.9 Å². The van der Waals surface area contributed by atoms with Gasteiger partial charge in [0.2, 0.25) is 0 Å². The first-order chi connectivity index (χ1) is 5.84. The molecule has 0 bridgehead atoms. The van der Waals surface area contributed by atoms with E-state index in [1.54, 1.807) is 0 Å². The lowest BCUT2D eigenvalue weighted by Gasteiger charge is -2.15. The highest BCUT2D eigenvalue weighted by atomic mass is 16.1. The molecule has 0 fully saturated rings. The summed E-state index contributed by atoms with van der Waals surface area (Å²) in [6.07, 6.45) is 10.7. The molecular weight excluding hydrogens is 148 g/mol. The molecule has 0 N–H and O–H groups in total. The van der Waals surface area contributed by atoms with Gasteiger partial charge in [0.05, 0.1) is 0 Å². The number of carbonyl (C=O) groups excluding carboxylic acids is 1. The zero-order valence-electron chi connectivity index (χ0n) is 7.88. The Morgan fingerprint density at radius 3 is 2.92 bits per heavy atom. The van der Waals surface area contributed by atoms with Crippen molar-refractivity contribution in [2.45, 2.75) is 45.4 Å². The lowest BCUT2D eigenvalue weighted by atomic mass is 9.88. The van der Waals surface area contributed by atoms with Gasteiger partial charge in [0.1, 0.15) is 5.78 Å². The van der Waals surface area contributed by atoms with E-state index >= 15 is 0 Å². The molecule has 1 aliphatic carbocycles. The van der Waals surface area contributed by atoms with E-state index in [1.165, 1.54) is 19.3 Å². The van der Waals surface area contributed by atoms with Crippen LogP contribution < -0.4 is 0 Å². The fraction of sp³-hybridized carbons (Fsp3) is 0.727. The summed E-state index contributed by atoms with van der Waals surface area (Å²) >= 11 is 0. The highest BCUT2D eigenvalue weighted by Crippen LogP contribution is 2.20. The van der Waals surface area contributed by atoms with Gasteiger partial charge >= 0.3 is 0 Å². The minimum Gasteiger partial charge on any atom is -0.299 e. The van der Waals surface area contributed by atoms with Crippen molar-refractivity contribution in [3.05, 3.63) is 12.2 Å². The van der Waals surface area contributed by atoms with Gasteiger partial charge in [-0.05, 0) is 12.8 Å². The third-order valence-electron chi connectivity index (χ3n) is 2.52. The van der Waals surface area contributed by atoms with Crippen molar-refractivity contribution in [3.8, 4) is 0 Å². The fourth-order valence-electron chi connectivity index (χ4n) is 1.68. The first kappa shape index (κ1) is 9.50. The van der Waals surface area contributed by atoms with Gasteiger partial charge in [-0.25, -0.2) is 0 Å². The third kappa shape index (κ3) is 2.80. The molecule has 0 heterocycles. The predicted octanol–water partition coefficient (Wildman–Crippen LogP) is 3.10. The Morgan fingerprint density at radius 1 is 1.42 bits per heavy atom. The van der Waals surface area contributed by atoms with Gasteiger partial charge in [0.15, 0.2) is 0 Å². The predicted molar refractivity (Wildman–Crippen MR) is 51.0 cm³/mol. The topological polar surface area (TPSA) is 17.1 Å². The summed E-state index contributed by atoms with van der Waals surface area (Å²) in [5.41, 5.74) is 0. The first-order valence-corrected chi connectivity index (χ1v) is 5.02. The minimum atomic E-state index is 0.349. The second-order valence-electron chi connectivity index (χ2n) is 3.57. The number of unbranched alkanes of at least 4 members (excludes halogenated alkanes) is 2. The van der Waals surface area contributed by atoms with Crippen LogP contribution in [0.5, 0.6) is 0 Å². The molecule has 0 radical (unpaired) electrons. The van der Waals surface area contributed by atoms with E-state index in [2.05, 4.69) is 13.0 Å².